The Labute approximate surface area is 173 Å². The maximum Gasteiger partial charge on any atom is 0.256 e. The number of fused-ring (bicyclic) bond motifs is 1. The highest BCUT2D eigenvalue weighted by molar-refractivity contribution is 7.13. The number of anilines is 1. The average molecular weight is 398 g/mol. The Bertz CT molecular complexity index is 1260. The number of aryl methyl sites for hydroxylation is 2. The van der Waals surface area contributed by atoms with E-state index in [9.17, 15) is 4.79 Å². The van der Waals surface area contributed by atoms with Gasteiger partial charge in [0.25, 0.3) is 5.91 Å². The minimum atomic E-state index is -0.0768. The minimum Gasteiger partial charge on any atom is -0.359 e. The van der Waals surface area contributed by atoms with Crippen LogP contribution in [0.4, 0.5) is 5.69 Å². The molecule has 0 saturated heterocycles. The molecule has 5 rings (SSSR count). The highest BCUT2D eigenvalue weighted by atomic mass is 32.1. The SMILES string of the molecule is Cc1cc(C)c(C=C2C(=O)Nc3ccc(-c4csc(-c5ccccc5)n4)cc32)[nH]1. The Hall–Kier alpha value is -3.44. The monoisotopic (exact) mass is 397 g/mol. The molecule has 2 N–H and O–H groups in total. The number of carbonyl (C=O) groups excluding carboxylic acids is 1. The first kappa shape index (κ1) is 17.6. The number of benzene rings is 2. The van der Waals surface area contributed by atoms with E-state index in [1.165, 1.54) is 0 Å². The first-order valence-electron chi connectivity index (χ1n) is 9.43. The largest absolute Gasteiger partial charge is 0.359 e. The Morgan fingerprint density at radius 3 is 2.59 bits per heavy atom. The smallest absolute Gasteiger partial charge is 0.256 e. The second-order valence-electron chi connectivity index (χ2n) is 7.23. The number of carbonyl (C=O) groups is 1. The molecule has 2 aromatic carbocycles. The summed E-state index contributed by atoms with van der Waals surface area (Å²) in [5, 5.41) is 6.02. The number of H-pyrrole nitrogens is 1. The zero-order valence-electron chi connectivity index (χ0n) is 16.1. The van der Waals surface area contributed by atoms with E-state index in [1.54, 1.807) is 11.3 Å². The van der Waals surface area contributed by atoms with Crippen molar-refractivity contribution in [2.75, 3.05) is 5.32 Å². The van der Waals surface area contributed by atoms with Crippen LogP contribution in [-0.4, -0.2) is 15.9 Å². The number of aromatic amines is 1. The fourth-order valence-corrected chi connectivity index (χ4v) is 4.49. The normalized spacial score (nSPS) is 14.3. The standard InChI is InChI=1S/C24H19N3OS/c1-14-10-15(2)25-21(14)12-19-18-11-17(8-9-20(18)26-23(19)28)22-13-29-24(27-22)16-6-4-3-5-7-16/h3-13,25H,1-2H3,(H,26,28). The van der Waals surface area contributed by atoms with Gasteiger partial charge in [0.05, 0.1) is 11.3 Å². The van der Waals surface area contributed by atoms with Crippen molar-refractivity contribution in [1.82, 2.24) is 9.97 Å². The third kappa shape index (κ3) is 3.19. The molecule has 0 fully saturated rings. The van der Waals surface area contributed by atoms with Gasteiger partial charge in [-0.05, 0) is 43.7 Å². The molecule has 0 spiro atoms. The van der Waals surface area contributed by atoms with Crippen molar-refractivity contribution in [3.8, 4) is 21.8 Å². The Kier molecular flexibility index (Phi) is 4.18. The van der Waals surface area contributed by atoms with Gasteiger partial charge >= 0.3 is 0 Å². The number of amides is 1. The van der Waals surface area contributed by atoms with Gasteiger partial charge in [-0.25, -0.2) is 4.98 Å². The number of aromatic nitrogens is 2. The first-order valence-corrected chi connectivity index (χ1v) is 10.3. The summed E-state index contributed by atoms with van der Waals surface area (Å²) in [6.45, 7) is 4.06. The minimum absolute atomic E-state index is 0.0768. The van der Waals surface area contributed by atoms with Crippen LogP contribution in [0.25, 0.3) is 33.5 Å². The fraction of sp³-hybridized carbons (Fsp3) is 0.0833. The van der Waals surface area contributed by atoms with Crippen LogP contribution in [0, 0.1) is 13.8 Å². The van der Waals surface area contributed by atoms with Crippen LogP contribution >= 0.6 is 11.3 Å². The molecule has 4 aromatic rings. The van der Waals surface area contributed by atoms with E-state index in [1.807, 2.05) is 56.3 Å². The van der Waals surface area contributed by atoms with Gasteiger partial charge < -0.3 is 10.3 Å². The Morgan fingerprint density at radius 1 is 1.00 bits per heavy atom. The molecule has 1 aliphatic heterocycles. The van der Waals surface area contributed by atoms with E-state index < -0.39 is 0 Å². The van der Waals surface area contributed by atoms with E-state index in [4.69, 9.17) is 4.98 Å². The fourth-order valence-electron chi connectivity index (χ4n) is 3.65. The highest BCUT2D eigenvalue weighted by Crippen LogP contribution is 2.37. The molecule has 29 heavy (non-hydrogen) atoms. The van der Waals surface area contributed by atoms with Crippen LogP contribution in [0.3, 0.4) is 0 Å². The van der Waals surface area contributed by atoms with Gasteiger partial charge in [0.2, 0.25) is 0 Å². The van der Waals surface area contributed by atoms with Crippen LogP contribution in [0.5, 0.6) is 0 Å². The number of nitrogens with zero attached hydrogens (tertiary/aromatic N) is 1. The maximum absolute atomic E-state index is 12.6. The van der Waals surface area contributed by atoms with Crippen molar-refractivity contribution >= 4 is 34.6 Å². The van der Waals surface area contributed by atoms with Gasteiger partial charge in [0.1, 0.15) is 5.01 Å². The van der Waals surface area contributed by atoms with Crippen LogP contribution in [0.2, 0.25) is 0 Å². The van der Waals surface area contributed by atoms with Crippen LogP contribution in [-0.2, 0) is 4.79 Å². The lowest BCUT2D eigenvalue weighted by Gasteiger charge is -2.03. The Morgan fingerprint density at radius 2 is 1.83 bits per heavy atom. The van der Waals surface area contributed by atoms with Crippen molar-refractivity contribution in [3.05, 3.63) is 82.5 Å². The summed E-state index contributed by atoms with van der Waals surface area (Å²) in [6, 6.07) is 18.3. The zero-order chi connectivity index (χ0) is 20.0. The molecule has 0 bridgehead atoms. The van der Waals surface area contributed by atoms with E-state index >= 15 is 0 Å². The molecule has 5 heteroatoms. The molecule has 0 aliphatic carbocycles. The molecule has 0 unspecified atom stereocenters. The third-order valence-electron chi connectivity index (χ3n) is 5.10. The molecule has 0 radical (unpaired) electrons. The van der Waals surface area contributed by atoms with Crippen molar-refractivity contribution < 1.29 is 4.79 Å². The Balaban J connectivity index is 1.55. The van der Waals surface area contributed by atoms with Gasteiger partial charge in [-0.3, -0.25) is 4.79 Å². The van der Waals surface area contributed by atoms with E-state index in [-0.39, 0.29) is 5.91 Å². The first-order chi connectivity index (χ1) is 14.1. The van der Waals surface area contributed by atoms with Gasteiger partial charge in [-0.15, -0.1) is 11.3 Å². The quantitative estimate of drug-likeness (QED) is 0.422. The molecule has 1 aliphatic rings. The van der Waals surface area contributed by atoms with E-state index in [2.05, 4.69) is 33.9 Å². The van der Waals surface area contributed by atoms with Crippen molar-refractivity contribution in [2.24, 2.45) is 0 Å². The van der Waals surface area contributed by atoms with Gasteiger partial charge in [0, 0.05) is 39.1 Å². The maximum atomic E-state index is 12.6. The number of thiazole rings is 1. The molecule has 142 valence electrons. The lowest BCUT2D eigenvalue weighted by Crippen LogP contribution is -2.03. The summed E-state index contributed by atoms with van der Waals surface area (Å²) in [7, 11) is 0. The lowest BCUT2D eigenvalue weighted by atomic mass is 10.0. The van der Waals surface area contributed by atoms with Crippen molar-refractivity contribution in [1.29, 1.82) is 0 Å². The molecule has 3 heterocycles. The highest BCUT2D eigenvalue weighted by Gasteiger charge is 2.25. The summed E-state index contributed by atoms with van der Waals surface area (Å²) < 4.78 is 0. The number of hydrogen-bond acceptors (Lipinski definition) is 3. The van der Waals surface area contributed by atoms with Crippen molar-refractivity contribution in [3.63, 3.8) is 0 Å². The van der Waals surface area contributed by atoms with Gasteiger partial charge in [-0.2, -0.15) is 0 Å². The average Bonchev–Trinajstić information content (AvgIpc) is 3.41. The van der Waals surface area contributed by atoms with Crippen LogP contribution in [0.1, 0.15) is 22.5 Å². The molecule has 4 nitrogen and oxygen atoms in total. The zero-order valence-corrected chi connectivity index (χ0v) is 16.9. The van der Waals surface area contributed by atoms with E-state index in [0.29, 0.717) is 5.57 Å². The van der Waals surface area contributed by atoms with Crippen LogP contribution < -0.4 is 5.32 Å². The molecule has 2 aromatic heterocycles. The number of hydrogen-bond donors (Lipinski definition) is 2. The molecule has 0 atom stereocenters. The molecule has 0 saturated carbocycles. The predicted octanol–water partition coefficient (Wildman–Crippen LogP) is 5.91. The predicted molar refractivity (Wildman–Crippen MR) is 120 cm³/mol. The third-order valence-corrected chi connectivity index (χ3v) is 5.99. The van der Waals surface area contributed by atoms with E-state index in [0.717, 1.165) is 50.0 Å². The second kappa shape index (κ2) is 6.87. The molecular formula is C24H19N3OS. The summed E-state index contributed by atoms with van der Waals surface area (Å²) in [6.07, 6.45) is 1.93. The van der Waals surface area contributed by atoms with Gasteiger partial charge in [0.15, 0.2) is 0 Å². The molecular weight excluding hydrogens is 378 g/mol. The number of nitrogens with one attached hydrogen (secondary N) is 2. The van der Waals surface area contributed by atoms with Crippen LogP contribution in [0.15, 0.2) is 60.0 Å². The topological polar surface area (TPSA) is 57.8 Å². The summed E-state index contributed by atoms with van der Waals surface area (Å²) in [4.78, 5) is 20.7. The summed E-state index contributed by atoms with van der Waals surface area (Å²) in [5.41, 5.74) is 8.62. The van der Waals surface area contributed by atoms with Crippen molar-refractivity contribution in [2.45, 2.75) is 13.8 Å². The second-order valence-corrected chi connectivity index (χ2v) is 8.08. The number of rotatable bonds is 3. The lowest BCUT2D eigenvalue weighted by molar-refractivity contribution is -0.110. The van der Waals surface area contributed by atoms with Gasteiger partial charge in [-0.1, -0.05) is 36.4 Å². The summed E-state index contributed by atoms with van der Waals surface area (Å²) in [5.74, 6) is -0.0768. The molecule has 1 amide bonds. The summed E-state index contributed by atoms with van der Waals surface area (Å²) >= 11 is 1.63.